The SMILES string of the molecule is C[C@@H](O)[C@H](N)c1nc(C2CCC(F)(F)C2)no1. The summed E-state index contributed by atoms with van der Waals surface area (Å²) in [6.45, 7) is 1.50. The highest BCUT2D eigenvalue weighted by Gasteiger charge is 2.42. The van der Waals surface area contributed by atoms with Crippen LogP contribution in [0.15, 0.2) is 4.52 Å². The molecule has 3 atom stereocenters. The first-order valence-corrected chi connectivity index (χ1v) is 5.54. The molecule has 1 aliphatic carbocycles. The van der Waals surface area contributed by atoms with Gasteiger partial charge in [0.05, 0.1) is 6.10 Å². The summed E-state index contributed by atoms with van der Waals surface area (Å²) in [5.41, 5.74) is 5.61. The number of nitrogens with zero attached hydrogens (tertiary/aromatic N) is 2. The number of aromatic nitrogens is 2. The average molecular weight is 247 g/mol. The maximum Gasteiger partial charge on any atom is 0.248 e. The van der Waals surface area contributed by atoms with Crippen molar-refractivity contribution < 1.29 is 18.4 Å². The molecule has 1 aromatic heterocycles. The minimum atomic E-state index is -2.64. The van der Waals surface area contributed by atoms with Crippen LogP contribution in [-0.2, 0) is 0 Å². The summed E-state index contributed by atoms with van der Waals surface area (Å²) in [5, 5.41) is 12.9. The number of hydrogen-bond donors (Lipinski definition) is 2. The molecule has 1 aliphatic rings. The zero-order valence-electron chi connectivity index (χ0n) is 9.44. The lowest BCUT2D eigenvalue weighted by Crippen LogP contribution is -2.23. The van der Waals surface area contributed by atoms with Crippen molar-refractivity contribution in [3.63, 3.8) is 0 Å². The molecule has 0 aliphatic heterocycles. The van der Waals surface area contributed by atoms with Gasteiger partial charge in [-0.05, 0) is 13.3 Å². The molecule has 1 heterocycles. The number of nitrogens with two attached hydrogens (primary N) is 1. The van der Waals surface area contributed by atoms with Crippen molar-refractivity contribution in [3.05, 3.63) is 11.7 Å². The molecule has 0 bridgehead atoms. The van der Waals surface area contributed by atoms with Gasteiger partial charge in [0.15, 0.2) is 5.82 Å². The number of halogens is 2. The molecule has 0 saturated heterocycles. The third kappa shape index (κ3) is 2.61. The molecule has 1 saturated carbocycles. The van der Waals surface area contributed by atoms with E-state index in [9.17, 15) is 13.9 Å². The predicted molar refractivity (Wildman–Crippen MR) is 54.4 cm³/mol. The van der Waals surface area contributed by atoms with Crippen molar-refractivity contribution in [1.82, 2.24) is 10.1 Å². The van der Waals surface area contributed by atoms with Crippen LogP contribution in [0.3, 0.4) is 0 Å². The molecule has 7 heteroatoms. The summed E-state index contributed by atoms with van der Waals surface area (Å²) in [5.74, 6) is -2.68. The fourth-order valence-electron chi connectivity index (χ4n) is 1.93. The van der Waals surface area contributed by atoms with Crippen molar-refractivity contribution >= 4 is 0 Å². The van der Waals surface area contributed by atoms with E-state index in [2.05, 4.69) is 10.1 Å². The quantitative estimate of drug-likeness (QED) is 0.842. The average Bonchev–Trinajstić information content (AvgIpc) is 2.82. The van der Waals surface area contributed by atoms with E-state index in [1.165, 1.54) is 6.92 Å². The lowest BCUT2D eigenvalue weighted by Gasteiger charge is -2.08. The number of aliphatic hydroxyl groups excluding tert-OH is 1. The molecular weight excluding hydrogens is 232 g/mol. The molecule has 17 heavy (non-hydrogen) atoms. The fourth-order valence-corrected chi connectivity index (χ4v) is 1.93. The van der Waals surface area contributed by atoms with Crippen LogP contribution in [0.1, 0.15) is 49.9 Å². The zero-order valence-corrected chi connectivity index (χ0v) is 9.44. The van der Waals surface area contributed by atoms with Gasteiger partial charge in [0.25, 0.3) is 0 Å². The molecule has 3 N–H and O–H groups in total. The van der Waals surface area contributed by atoms with Crippen LogP contribution in [0.25, 0.3) is 0 Å². The molecule has 0 amide bonds. The molecule has 1 fully saturated rings. The third-order valence-corrected chi connectivity index (χ3v) is 3.03. The molecule has 1 unspecified atom stereocenters. The highest BCUT2D eigenvalue weighted by Crippen LogP contribution is 2.43. The number of alkyl halides is 2. The molecule has 96 valence electrons. The Kier molecular flexibility index (Phi) is 3.13. The summed E-state index contributed by atoms with van der Waals surface area (Å²) in [4.78, 5) is 3.98. The lowest BCUT2D eigenvalue weighted by atomic mass is 10.1. The third-order valence-electron chi connectivity index (χ3n) is 3.03. The van der Waals surface area contributed by atoms with Gasteiger partial charge in [-0.2, -0.15) is 4.98 Å². The van der Waals surface area contributed by atoms with Crippen LogP contribution in [0.4, 0.5) is 8.78 Å². The largest absolute Gasteiger partial charge is 0.391 e. The van der Waals surface area contributed by atoms with E-state index in [0.29, 0.717) is 6.42 Å². The van der Waals surface area contributed by atoms with Gasteiger partial charge < -0.3 is 15.4 Å². The van der Waals surface area contributed by atoms with Crippen molar-refractivity contribution in [3.8, 4) is 0 Å². The van der Waals surface area contributed by atoms with Gasteiger partial charge in [-0.1, -0.05) is 5.16 Å². The molecule has 2 rings (SSSR count). The minimum absolute atomic E-state index is 0.0882. The van der Waals surface area contributed by atoms with Gasteiger partial charge >= 0.3 is 0 Å². The van der Waals surface area contributed by atoms with E-state index in [-0.39, 0.29) is 30.5 Å². The second kappa shape index (κ2) is 4.30. The minimum Gasteiger partial charge on any atom is -0.391 e. The second-order valence-corrected chi connectivity index (χ2v) is 4.55. The van der Waals surface area contributed by atoms with Gasteiger partial charge in [-0.15, -0.1) is 0 Å². The van der Waals surface area contributed by atoms with Crippen LogP contribution >= 0.6 is 0 Å². The second-order valence-electron chi connectivity index (χ2n) is 4.55. The van der Waals surface area contributed by atoms with Crippen LogP contribution in [0, 0.1) is 0 Å². The Labute approximate surface area is 97.0 Å². The zero-order chi connectivity index (χ0) is 12.6. The molecular formula is C10H15F2N3O2. The smallest absolute Gasteiger partial charge is 0.248 e. The summed E-state index contributed by atoms with van der Waals surface area (Å²) in [6, 6.07) is -0.779. The number of aliphatic hydroxyl groups is 1. The first-order chi connectivity index (χ1) is 7.89. The van der Waals surface area contributed by atoms with Crippen molar-refractivity contribution in [2.24, 2.45) is 5.73 Å². The normalized spacial score (nSPS) is 27.0. The van der Waals surface area contributed by atoms with E-state index in [0.717, 1.165) is 0 Å². The number of hydrogen-bond acceptors (Lipinski definition) is 5. The van der Waals surface area contributed by atoms with Crippen molar-refractivity contribution in [1.29, 1.82) is 0 Å². The standard InChI is InChI=1S/C10H15F2N3O2/c1-5(16)7(13)9-14-8(15-17-9)6-2-3-10(11,12)4-6/h5-7,16H,2-4,13H2,1H3/t5-,6?,7+/m1/s1. The molecule has 1 aromatic rings. The molecule has 0 radical (unpaired) electrons. The Bertz CT molecular complexity index is 395. The van der Waals surface area contributed by atoms with Crippen LogP contribution in [0.5, 0.6) is 0 Å². The first-order valence-electron chi connectivity index (χ1n) is 5.54. The Balaban J connectivity index is 2.09. The summed E-state index contributed by atoms with van der Waals surface area (Å²) < 4.78 is 30.9. The number of rotatable bonds is 3. The van der Waals surface area contributed by atoms with Gasteiger partial charge in [0.1, 0.15) is 6.04 Å². The molecule has 0 spiro atoms. The van der Waals surface area contributed by atoms with E-state index in [1.54, 1.807) is 0 Å². The highest BCUT2D eigenvalue weighted by molar-refractivity contribution is 5.03. The fraction of sp³-hybridized carbons (Fsp3) is 0.800. The van der Waals surface area contributed by atoms with E-state index >= 15 is 0 Å². The summed E-state index contributed by atoms with van der Waals surface area (Å²) >= 11 is 0. The first kappa shape index (κ1) is 12.4. The van der Waals surface area contributed by atoms with E-state index in [1.807, 2.05) is 0 Å². The van der Waals surface area contributed by atoms with E-state index < -0.39 is 18.1 Å². The molecule has 5 nitrogen and oxygen atoms in total. The van der Waals surface area contributed by atoms with Gasteiger partial charge in [0, 0.05) is 18.8 Å². The summed E-state index contributed by atoms with van der Waals surface area (Å²) in [7, 11) is 0. The maximum atomic E-state index is 13.0. The van der Waals surface area contributed by atoms with Gasteiger partial charge in [0.2, 0.25) is 11.8 Å². The topological polar surface area (TPSA) is 85.2 Å². The van der Waals surface area contributed by atoms with Gasteiger partial charge in [-0.3, -0.25) is 0 Å². The predicted octanol–water partition coefficient (Wildman–Crippen LogP) is 1.35. The Morgan fingerprint density at radius 2 is 2.29 bits per heavy atom. The Hall–Kier alpha value is -1.08. The van der Waals surface area contributed by atoms with Crippen molar-refractivity contribution in [2.75, 3.05) is 0 Å². The monoisotopic (exact) mass is 247 g/mol. The lowest BCUT2D eigenvalue weighted by molar-refractivity contribution is 0.00749. The Morgan fingerprint density at radius 1 is 1.59 bits per heavy atom. The highest BCUT2D eigenvalue weighted by atomic mass is 19.3. The van der Waals surface area contributed by atoms with Crippen LogP contribution in [0.2, 0.25) is 0 Å². The maximum absolute atomic E-state index is 13.0. The summed E-state index contributed by atoms with van der Waals surface area (Å²) in [6.07, 6.45) is -0.885. The Morgan fingerprint density at radius 3 is 2.82 bits per heavy atom. The van der Waals surface area contributed by atoms with Gasteiger partial charge in [-0.25, -0.2) is 8.78 Å². The van der Waals surface area contributed by atoms with Crippen LogP contribution < -0.4 is 5.73 Å². The van der Waals surface area contributed by atoms with E-state index in [4.69, 9.17) is 10.3 Å². The van der Waals surface area contributed by atoms with Crippen molar-refractivity contribution in [2.45, 2.75) is 50.2 Å². The molecule has 0 aromatic carbocycles. The van der Waals surface area contributed by atoms with Crippen LogP contribution in [-0.4, -0.2) is 27.3 Å².